The van der Waals surface area contributed by atoms with Gasteiger partial charge in [-0.05, 0) is 30.3 Å². The fourth-order valence-electron chi connectivity index (χ4n) is 2.40. The van der Waals surface area contributed by atoms with Crippen LogP contribution in [0.5, 0.6) is 0 Å². The maximum absolute atomic E-state index is 13.6. The molecule has 0 fully saturated rings. The molecular formula is C19H15FN2O3S. The molecule has 26 heavy (non-hydrogen) atoms. The van der Waals surface area contributed by atoms with Crippen molar-refractivity contribution in [3.05, 3.63) is 66.1 Å². The lowest BCUT2D eigenvalue weighted by molar-refractivity contribution is -0.113. The molecule has 1 amide bonds. The van der Waals surface area contributed by atoms with Gasteiger partial charge in [-0.1, -0.05) is 18.2 Å². The lowest BCUT2D eigenvalue weighted by Gasteiger charge is -2.08. The maximum Gasteiger partial charge on any atom is 0.340 e. The highest BCUT2D eigenvalue weighted by Gasteiger charge is 2.14. The number of hydrogen-bond donors (Lipinski definition) is 1. The number of esters is 1. The summed E-state index contributed by atoms with van der Waals surface area (Å²) in [5, 5.41) is 3.65. The third-order valence-electron chi connectivity index (χ3n) is 3.61. The summed E-state index contributed by atoms with van der Waals surface area (Å²) in [7, 11) is 1.17. The lowest BCUT2D eigenvalue weighted by Crippen LogP contribution is -2.15. The fraction of sp³-hybridized carbons (Fsp3) is 0.105. The van der Waals surface area contributed by atoms with Crippen LogP contribution in [0.4, 0.5) is 10.1 Å². The Kier molecular flexibility index (Phi) is 5.48. The molecule has 7 heteroatoms. The van der Waals surface area contributed by atoms with Crippen molar-refractivity contribution in [2.24, 2.45) is 0 Å². The van der Waals surface area contributed by atoms with Gasteiger partial charge in [0.25, 0.3) is 0 Å². The van der Waals surface area contributed by atoms with Crippen LogP contribution < -0.4 is 5.32 Å². The number of halogens is 1. The van der Waals surface area contributed by atoms with Gasteiger partial charge in [0.05, 0.1) is 23.9 Å². The number of benzene rings is 2. The molecule has 0 saturated heterocycles. The molecule has 0 saturated carbocycles. The number of amides is 1. The second kappa shape index (κ2) is 7.97. The number of thioether (sulfide) groups is 1. The highest BCUT2D eigenvalue weighted by atomic mass is 32.2. The number of nitrogens with one attached hydrogen (secondary N) is 1. The Hall–Kier alpha value is -2.93. The molecule has 5 nitrogen and oxygen atoms in total. The summed E-state index contributed by atoms with van der Waals surface area (Å²) >= 11 is 1.36. The topological polar surface area (TPSA) is 68.3 Å². The second-order valence-electron chi connectivity index (χ2n) is 5.35. The minimum atomic E-state index is -0.796. The first kappa shape index (κ1) is 17.9. The van der Waals surface area contributed by atoms with E-state index in [9.17, 15) is 14.0 Å². The van der Waals surface area contributed by atoms with Gasteiger partial charge in [-0.25, -0.2) is 9.18 Å². The van der Waals surface area contributed by atoms with E-state index in [4.69, 9.17) is 0 Å². The summed E-state index contributed by atoms with van der Waals surface area (Å²) in [6.45, 7) is 0. The number of ether oxygens (including phenoxy) is 1. The third kappa shape index (κ3) is 4.00. The number of anilines is 1. The average molecular weight is 370 g/mol. The average Bonchev–Trinajstić information content (AvgIpc) is 2.67. The van der Waals surface area contributed by atoms with E-state index in [0.29, 0.717) is 5.69 Å². The van der Waals surface area contributed by atoms with Gasteiger partial charge in [0.2, 0.25) is 5.91 Å². The van der Waals surface area contributed by atoms with Gasteiger partial charge in [-0.2, -0.15) is 0 Å². The molecule has 0 spiro atoms. The summed E-state index contributed by atoms with van der Waals surface area (Å²) < 4.78 is 18.2. The van der Waals surface area contributed by atoms with E-state index in [-0.39, 0.29) is 17.2 Å². The molecular weight excluding hydrogens is 355 g/mol. The Morgan fingerprint density at radius 2 is 2.00 bits per heavy atom. The summed E-state index contributed by atoms with van der Waals surface area (Å²) in [5.41, 5.74) is 0.937. The highest BCUT2D eigenvalue weighted by molar-refractivity contribution is 8.00. The Labute approximate surface area is 153 Å². The number of para-hydroxylation sites is 1. The van der Waals surface area contributed by atoms with Gasteiger partial charge >= 0.3 is 5.97 Å². The van der Waals surface area contributed by atoms with Crippen molar-refractivity contribution in [2.45, 2.75) is 4.90 Å². The quantitative estimate of drug-likeness (QED) is 0.545. The molecule has 3 aromatic rings. The number of pyridine rings is 1. The van der Waals surface area contributed by atoms with Crippen LogP contribution in [0, 0.1) is 5.82 Å². The van der Waals surface area contributed by atoms with E-state index < -0.39 is 11.8 Å². The van der Waals surface area contributed by atoms with Crippen molar-refractivity contribution in [3.8, 4) is 0 Å². The van der Waals surface area contributed by atoms with Crippen molar-refractivity contribution < 1.29 is 18.7 Å². The molecule has 0 atom stereocenters. The fourth-order valence-corrected chi connectivity index (χ4v) is 3.24. The number of nitrogens with zero attached hydrogens (tertiary/aromatic N) is 1. The molecule has 0 aliphatic rings. The first-order valence-corrected chi connectivity index (χ1v) is 8.71. The van der Waals surface area contributed by atoms with Gasteiger partial charge in [-0.15, -0.1) is 11.8 Å². The van der Waals surface area contributed by atoms with E-state index in [1.807, 2.05) is 30.3 Å². The zero-order valence-electron chi connectivity index (χ0n) is 13.9. The number of methoxy groups -OCH3 is 1. The largest absolute Gasteiger partial charge is 0.465 e. The van der Waals surface area contributed by atoms with Crippen molar-refractivity contribution in [3.63, 3.8) is 0 Å². The van der Waals surface area contributed by atoms with E-state index >= 15 is 0 Å². The zero-order valence-corrected chi connectivity index (χ0v) is 14.7. The molecule has 132 valence electrons. The molecule has 1 heterocycles. The van der Waals surface area contributed by atoms with Crippen LogP contribution in [-0.2, 0) is 9.53 Å². The van der Waals surface area contributed by atoms with E-state index in [1.165, 1.54) is 31.0 Å². The SMILES string of the molecule is COC(=O)c1cc(NC(=O)CSc2cccc3cccnc23)ccc1F. The van der Waals surface area contributed by atoms with E-state index in [2.05, 4.69) is 15.0 Å². The van der Waals surface area contributed by atoms with Crippen LogP contribution in [0.2, 0.25) is 0 Å². The number of aromatic nitrogens is 1. The molecule has 0 aliphatic heterocycles. The van der Waals surface area contributed by atoms with Crippen molar-refractivity contribution in [1.82, 2.24) is 4.98 Å². The summed E-state index contributed by atoms with van der Waals surface area (Å²) in [5.74, 6) is -1.62. The van der Waals surface area contributed by atoms with Crippen LogP contribution in [0.3, 0.4) is 0 Å². The maximum atomic E-state index is 13.6. The first-order chi connectivity index (χ1) is 12.6. The molecule has 0 aliphatic carbocycles. The van der Waals surface area contributed by atoms with Gasteiger partial charge in [0.15, 0.2) is 0 Å². The smallest absolute Gasteiger partial charge is 0.340 e. The van der Waals surface area contributed by atoms with Crippen LogP contribution >= 0.6 is 11.8 Å². The molecule has 0 bridgehead atoms. The monoisotopic (exact) mass is 370 g/mol. The van der Waals surface area contributed by atoms with Crippen molar-refractivity contribution in [2.75, 3.05) is 18.2 Å². The molecule has 1 aromatic heterocycles. The minimum Gasteiger partial charge on any atom is -0.465 e. The van der Waals surface area contributed by atoms with E-state index in [1.54, 1.807) is 6.20 Å². The Balaban J connectivity index is 1.69. The number of carbonyl (C=O) groups is 2. The van der Waals surface area contributed by atoms with Gasteiger partial charge in [0, 0.05) is 22.2 Å². The zero-order chi connectivity index (χ0) is 18.5. The normalized spacial score (nSPS) is 10.5. The number of rotatable bonds is 5. The first-order valence-electron chi connectivity index (χ1n) is 7.73. The van der Waals surface area contributed by atoms with Crippen LogP contribution in [0.25, 0.3) is 10.9 Å². The predicted molar refractivity (Wildman–Crippen MR) is 98.8 cm³/mol. The number of fused-ring (bicyclic) bond motifs is 1. The van der Waals surface area contributed by atoms with E-state index in [0.717, 1.165) is 21.9 Å². The Morgan fingerprint density at radius 1 is 1.19 bits per heavy atom. The lowest BCUT2D eigenvalue weighted by atomic mass is 10.2. The summed E-state index contributed by atoms with van der Waals surface area (Å²) in [6, 6.07) is 13.3. The predicted octanol–water partition coefficient (Wildman–Crippen LogP) is 3.89. The molecule has 2 aromatic carbocycles. The summed E-state index contributed by atoms with van der Waals surface area (Å²) in [6.07, 6.45) is 1.71. The molecule has 1 N–H and O–H groups in total. The van der Waals surface area contributed by atoms with Crippen molar-refractivity contribution in [1.29, 1.82) is 0 Å². The Bertz CT molecular complexity index is 973. The summed E-state index contributed by atoms with van der Waals surface area (Å²) in [4.78, 5) is 29.0. The van der Waals surface area contributed by atoms with Crippen LogP contribution in [0.1, 0.15) is 10.4 Å². The Morgan fingerprint density at radius 3 is 2.81 bits per heavy atom. The standard InChI is InChI=1S/C19H15FN2O3S/c1-25-19(24)14-10-13(7-8-15(14)20)22-17(23)11-26-16-6-2-4-12-5-3-9-21-18(12)16/h2-10H,11H2,1H3,(H,22,23). The minimum absolute atomic E-state index is 0.153. The van der Waals surface area contributed by atoms with Gasteiger partial charge < -0.3 is 10.1 Å². The molecule has 0 unspecified atom stereocenters. The molecule has 3 rings (SSSR count). The number of hydrogen-bond acceptors (Lipinski definition) is 5. The number of carbonyl (C=O) groups excluding carboxylic acids is 2. The van der Waals surface area contributed by atoms with Gasteiger partial charge in [-0.3, -0.25) is 9.78 Å². The van der Waals surface area contributed by atoms with Gasteiger partial charge in [0.1, 0.15) is 5.82 Å². The second-order valence-corrected chi connectivity index (χ2v) is 6.37. The highest BCUT2D eigenvalue weighted by Crippen LogP contribution is 2.26. The van der Waals surface area contributed by atoms with Crippen LogP contribution in [-0.4, -0.2) is 29.7 Å². The van der Waals surface area contributed by atoms with Crippen LogP contribution in [0.15, 0.2) is 59.6 Å². The third-order valence-corrected chi connectivity index (χ3v) is 4.66. The van der Waals surface area contributed by atoms with Crippen molar-refractivity contribution >= 4 is 40.2 Å². The molecule has 0 radical (unpaired) electrons.